The van der Waals surface area contributed by atoms with Gasteiger partial charge in [0.25, 0.3) is 0 Å². The molecule has 2 aliphatic rings. The van der Waals surface area contributed by atoms with Gasteiger partial charge in [-0.25, -0.2) is 4.79 Å². The number of benzene rings is 2. The monoisotopic (exact) mass is 540 g/mol. The van der Waals surface area contributed by atoms with Gasteiger partial charge in [-0.3, -0.25) is 4.90 Å². The highest BCUT2D eigenvalue weighted by atomic mass is 28.4. The fourth-order valence-electron chi connectivity index (χ4n) is 4.94. The van der Waals surface area contributed by atoms with Crippen LogP contribution in [0.3, 0.4) is 0 Å². The van der Waals surface area contributed by atoms with E-state index in [2.05, 4.69) is 33.9 Å². The third-order valence-electron chi connectivity index (χ3n) is 8.12. The Balaban J connectivity index is 1.71. The molecule has 4 rings (SSSR count). The maximum Gasteiger partial charge on any atom is 0.322 e. The van der Waals surface area contributed by atoms with E-state index in [0.717, 1.165) is 11.1 Å². The molecule has 4 atom stereocenters. The summed E-state index contributed by atoms with van der Waals surface area (Å²) in [5.74, 6) is -1.13. The van der Waals surface area contributed by atoms with Gasteiger partial charge in [0.1, 0.15) is 12.3 Å². The summed E-state index contributed by atoms with van der Waals surface area (Å²) < 4.78 is 19.3. The molecule has 0 saturated carbocycles. The average Bonchev–Trinajstić information content (AvgIpc) is 3.22. The number of aliphatic hydroxyl groups excluding tert-OH is 1. The van der Waals surface area contributed by atoms with Crippen LogP contribution in [0.5, 0.6) is 0 Å². The van der Waals surface area contributed by atoms with Crippen LogP contribution in [0, 0.1) is 5.92 Å². The molecule has 2 aromatic carbocycles. The quantitative estimate of drug-likeness (QED) is 0.441. The van der Waals surface area contributed by atoms with Gasteiger partial charge in [0.05, 0.1) is 12.7 Å². The van der Waals surface area contributed by atoms with Crippen LogP contribution in [0.1, 0.15) is 45.7 Å². The van der Waals surface area contributed by atoms with E-state index < -0.39 is 32.4 Å². The maximum atomic E-state index is 13.8. The second-order valence-electron chi connectivity index (χ2n) is 12.5. The fraction of sp³-hybridized carbons (Fsp3) is 0.567. The van der Waals surface area contributed by atoms with E-state index in [1.54, 1.807) is 4.90 Å². The van der Waals surface area contributed by atoms with Crippen molar-refractivity contribution < 1.29 is 23.8 Å². The number of urea groups is 1. The van der Waals surface area contributed by atoms with E-state index in [1.165, 1.54) is 0 Å². The molecule has 0 radical (unpaired) electrons. The Bertz CT molecular complexity index is 1070. The minimum atomic E-state index is -2.27. The predicted molar refractivity (Wildman–Crippen MR) is 151 cm³/mol. The first-order valence-corrected chi connectivity index (χ1v) is 16.5. The number of carbonyl (C=O) groups excluding carboxylic acids is 1. The third kappa shape index (κ3) is 6.49. The predicted octanol–water partition coefficient (Wildman–Crippen LogP) is 5.60. The molecular weight excluding hydrogens is 496 g/mol. The Morgan fingerprint density at radius 1 is 1.03 bits per heavy atom. The first-order chi connectivity index (χ1) is 17.8. The molecule has 2 fully saturated rings. The summed E-state index contributed by atoms with van der Waals surface area (Å²) >= 11 is 0. The van der Waals surface area contributed by atoms with Crippen molar-refractivity contribution in [1.82, 2.24) is 9.80 Å². The molecule has 208 valence electrons. The van der Waals surface area contributed by atoms with Crippen molar-refractivity contribution in [1.29, 1.82) is 0 Å². The summed E-state index contributed by atoms with van der Waals surface area (Å²) in [5.41, 5.74) is 2.00. The summed E-state index contributed by atoms with van der Waals surface area (Å²) in [6.45, 7) is 16.3. The number of amides is 2. The third-order valence-corrected chi connectivity index (χ3v) is 12.6. The molecule has 8 heteroatoms. The van der Waals surface area contributed by atoms with Crippen molar-refractivity contribution in [3.63, 3.8) is 0 Å². The van der Waals surface area contributed by atoms with Gasteiger partial charge in [-0.2, -0.15) is 0 Å². The van der Waals surface area contributed by atoms with Gasteiger partial charge < -0.3 is 23.9 Å². The largest absolute Gasteiger partial charge is 0.411 e. The lowest BCUT2D eigenvalue weighted by Crippen LogP contribution is -2.64. The van der Waals surface area contributed by atoms with Crippen molar-refractivity contribution in [2.45, 2.75) is 90.1 Å². The molecule has 0 bridgehead atoms. The van der Waals surface area contributed by atoms with E-state index in [9.17, 15) is 9.90 Å². The SMILES string of the molecule is CC1(C)OC[C@H]([C@@H](O[Si](C)(C)C(C)(C)C)[C@H]2CN(Cc3ccccc3)C(=O)N(Cc3ccccc3)[C@H]2O)O1. The molecule has 2 heterocycles. The number of rotatable bonds is 8. The number of nitrogens with zero attached hydrogens (tertiary/aromatic N) is 2. The van der Waals surface area contributed by atoms with Crippen LogP contribution >= 0.6 is 0 Å². The lowest BCUT2D eigenvalue weighted by Gasteiger charge is -2.49. The summed E-state index contributed by atoms with van der Waals surface area (Å²) in [4.78, 5) is 17.2. The molecule has 2 aromatic rings. The molecule has 38 heavy (non-hydrogen) atoms. The van der Waals surface area contributed by atoms with E-state index >= 15 is 0 Å². The van der Waals surface area contributed by atoms with E-state index in [0.29, 0.717) is 26.2 Å². The van der Waals surface area contributed by atoms with Crippen molar-refractivity contribution in [3.05, 3.63) is 71.8 Å². The molecule has 7 nitrogen and oxygen atoms in total. The Labute approximate surface area is 228 Å². The van der Waals surface area contributed by atoms with Crippen LogP contribution in [-0.4, -0.2) is 66.6 Å². The summed E-state index contributed by atoms with van der Waals surface area (Å²) in [7, 11) is -2.27. The van der Waals surface area contributed by atoms with Crippen LogP contribution in [-0.2, 0) is 27.0 Å². The molecule has 1 N–H and O–H groups in total. The van der Waals surface area contributed by atoms with Crippen LogP contribution in [0.25, 0.3) is 0 Å². The highest BCUT2D eigenvalue weighted by Crippen LogP contribution is 2.41. The second-order valence-corrected chi connectivity index (χ2v) is 17.3. The van der Waals surface area contributed by atoms with Crippen molar-refractivity contribution in [3.8, 4) is 0 Å². The smallest absolute Gasteiger partial charge is 0.322 e. The van der Waals surface area contributed by atoms with Gasteiger partial charge in [0.2, 0.25) is 0 Å². The van der Waals surface area contributed by atoms with E-state index in [-0.39, 0.29) is 17.2 Å². The van der Waals surface area contributed by atoms with Crippen molar-refractivity contribution in [2.75, 3.05) is 13.2 Å². The Morgan fingerprint density at radius 3 is 2.08 bits per heavy atom. The molecule has 0 aromatic heterocycles. The maximum absolute atomic E-state index is 13.8. The zero-order chi connectivity index (χ0) is 27.7. The van der Waals surface area contributed by atoms with Crippen LogP contribution in [0.4, 0.5) is 4.79 Å². The van der Waals surface area contributed by atoms with Crippen LogP contribution in [0.2, 0.25) is 18.1 Å². The molecule has 2 amide bonds. The molecule has 0 spiro atoms. The standard InChI is InChI=1S/C30H44N2O5Si/c1-29(2,3)38(6,7)37-26(25-21-35-30(4,5)36-25)24-20-31(18-22-14-10-8-11-15-22)28(34)32(27(24)33)19-23-16-12-9-13-17-23/h8-17,24-27,33H,18-21H2,1-7H3/t24-,25-,26+,27+/m1/s1. The molecule has 0 aliphatic carbocycles. The van der Waals surface area contributed by atoms with Gasteiger partial charge in [0, 0.05) is 25.6 Å². The number of ether oxygens (including phenoxy) is 2. The summed E-state index contributed by atoms with van der Waals surface area (Å²) in [6, 6.07) is 19.6. The topological polar surface area (TPSA) is 71.5 Å². The van der Waals surface area contributed by atoms with E-state index in [1.807, 2.05) is 79.4 Å². The van der Waals surface area contributed by atoms with Gasteiger partial charge >= 0.3 is 6.03 Å². The zero-order valence-corrected chi connectivity index (χ0v) is 24.9. The average molecular weight is 541 g/mol. The fourth-order valence-corrected chi connectivity index (χ4v) is 6.30. The minimum absolute atomic E-state index is 0.0386. The van der Waals surface area contributed by atoms with Gasteiger partial charge in [0.15, 0.2) is 14.1 Å². The van der Waals surface area contributed by atoms with E-state index in [4.69, 9.17) is 13.9 Å². The molecular formula is C30H44N2O5Si. The van der Waals surface area contributed by atoms with Gasteiger partial charge in [-0.15, -0.1) is 0 Å². The van der Waals surface area contributed by atoms with Gasteiger partial charge in [-0.1, -0.05) is 81.4 Å². The minimum Gasteiger partial charge on any atom is -0.411 e. The molecule has 2 saturated heterocycles. The summed E-state index contributed by atoms with van der Waals surface area (Å²) in [5, 5.41) is 11.8. The molecule has 0 unspecified atom stereocenters. The van der Waals surface area contributed by atoms with Crippen molar-refractivity contribution >= 4 is 14.3 Å². The second kappa shape index (κ2) is 11.1. The number of aliphatic hydroxyl groups is 1. The summed E-state index contributed by atoms with van der Waals surface area (Å²) in [6.07, 6.45) is -1.83. The Kier molecular flexibility index (Phi) is 8.40. The Morgan fingerprint density at radius 2 is 1.58 bits per heavy atom. The van der Waals surface area contributed by atoms with Gasteiger partial charge in [-0.05, 0) is 43.1 Å². The Hall–Kier alpha value is -2.23. The highest BCUT2D eigenvalue weighted by Gasteiger charge is 2.52. The van der Waals surface area contributed by atoms with Crippen LogP contribution < -0.4 is 0 Å². The lowest BCUT2D eigenvalue weighted by molar-refractivity contribution is -0.168. The first kappa shape index (κ1) is 28.8. The van der Waals surface area contributed by atoms with Crippen molar-refractivity contribution in [2.24, 2.45) is 5.92 Å². The normalized spacial score (nSPS) is 25.1. The number of hydrogen-bond donors (Lipinski definition) is 1. The zero-order valence-electron chi connectivity index (χ0n) is 23.9. The number of hydrogen-bond acceptors (Lipinski definition) is 5. The highest BCUT2D eigenvalue weighted by molar-refractivity contribution is 6.74. The first-order valence-electron chi connectivity index (χ1n) is 13.6. The lowest BCUT2D eigenvalue weighted by atomic mass is 9.92. The number of carbonyl (C=O) groups is 1. The molecule has 2 aliphatic heterocycles. The van der Waals surface area contributed by atoms with Crippen LogP contribution in [0.15, 0.2) is 60.7 Å².